The number of hydrogen-bond donors (Lipinski definition) is 2. The topological polar surface area (TPSA) is 64.9 Å². The second kappa shape index (κ2) is 6.75. The van der Waals surface area contributed by atoms with E-state index in [4.69, 9.17) is 5.26 Å². The lowest BCUT2D eigenvalue weighted by molar-refractivity contribution is -0.137. The van der Waals surface area contributed by atoms with Gasteiger partial charge in [0.15, 0.2) is 0 Å². The Balaban J connectivity index is 2.26. The number of hydrogen-bond acceptors (Lipinski definition) is 3. The summed E-state index contributed by atoms with van der Waals surface area (Å²) in [4.78, 5) is 11.1. The minimum Gasteiger partial charge on any atom is -0.346 e. The zero-order valence-electron chi connectivity index (χ0n) is 9.92. The maximum atomic E-state index is 11.8. The summed E-state index contributed by atoms with van der Waals surface area (Å²) in [7, 11) is 0. The summed E-state index contributed by atoms with van der Waals surface area (Å²) in [5.74, 6) is -0.717. The number of nitrogens with zero attached hydrogens (tertiary/aromatic N) is 1. The third-order valence-electron chi connectivity index (χ3n) is 2.18. The number of halogens is 3. The summed E-state index contributed by atoms with van der Waals surface area (Å²) in [6.07, 6.45) is -4.40. The highest BCUT2D eigenvalue weighted by atomic mass is 19.4. The molecule has 0 atom stereocenters. The standard InChI is InChI=1S/C12H12F3N3O/c13-12(14,15)8-18-11(19)7-17-6-10-3-1-9(5-16)2-4-10/h1-4,17H,6-8H2,(H,18,19). The Labute approximate surface area is 108 Å². The van der Waals surface area contributed by atoms with E-state index in [9.17, 15) is 18.0 Å². The summed E-state index contributed by atoms with van der Waals surface area (Å²) >= 11 is 0. The molecule has 0 saturated carbocycles. The van der Waals surface area contributed by atoms with Crippen molar-refractivity contribution in [3.8, 4) is 6.07 Å². The molecule has 1 rings (SSSR count). The first-order chi connectivity index (χ1) is 8.90. The number of nitriles is 1. The Morgan fingerprint density at radius 3 is 2.42 bits per heavy atom. The zero-order valence-corrected chi connectivity index (χ0v) is 9.92. The van der Waals surface area contributed by atoms with Gasteiger partial charge in [-0.1, -0.05) is 12.1 Å². The van der Waals surface area contributed by atoms with E-state index >= 15 is 0 Å². The average molecular weight is 271 g/mol. The van der Waals surface area contributed by atoms with Gasteiger partial charge in [0.05, 0.1) is 18.2 Å². The molecule has 0 spiro atoms. The van der Waals surface area contributed by atoms with Gasteiger partial charge in [-0.05, 0) is 17.7 Å². The molecule has 102 valence electrons. The molecule has 0 fully saturated rings. The molecular weight excluding hydrogens is 259 g/mol. The van der Waals surface area contributed by atoms with Gasteiger partial charge in [-0.3, -0.25) is 4.79 Å². The number of carbonyl (C=O) groups excluding carboxylic acids is 1. The predicted molar refractivity (Wildman–Crippen MR) is 61.9 cm³/mol. The molecule has 0 saturated heterocycles. The van der Waals surface area contributed by atoms with Gasteiger partial charge < -0.3 is 10.6 Å². The third-order valence-corrected chi connectivity index (χ3v) is 2.18. The minimum atomic E-state index is -4.40. The van der Waals surface area contributed by atoms with Crippen molar-refractivity contribution in [2.75, 3.05) is 13.1 Å². The first-order valence-electron chi connectivity index (χ1n) is 5.44. The molecular formula is C12H12F3N3O. The summed E-state index contributed by atoms with van der Waals surface area (Å²) in [5.41, 5.74) is 1.36. The van der Waals surface area contributed by atoms with Gasteiger partial charge in [0, 0.05) is 6.54 Å². The third kappa shape index (κ3) is 6.43. The van der Waals surface area contributed by atoms with E-state index in [1.807, 2.05) is 6.07 Å². The van der Waals surface area contributed by atoms with Crippen LogP contribution >= 0.6 is 0 Å². The van der Waals surface area contributed by atoms with E-state index in [-0.39, 0.29) is 6.54 Å². The highest BCUT2D eigenvalue weighted by Crippen LogP contribution is 2.11. The van der Waals surface area contributed by atoms with Crippen LogP contribution in [0.15, 0.2) is 24.3 Å². The molecule has 1 aromatic carbocycles. The van der Waals surface area contributed by atoms with Crippen LogP contribution in [0.2, 0.25) is 0 Å². The fraction of sp³-hybridized carbons (Fsp3) is 0.333. The summed E-state index contributed by atoms with van der Waals surface area (Å²) in [6, 6.07) is 8.63. The van der Waals surface area contributed by atoms with E-state index < -0.39 is 18.6 Å². The molecule has 0 bridgehead atoms. The van der Waals surface area contributed by atoms with E-state index in [1.165, 1.54) is 0 Å². The van der Waals surface area contributed by atoms with Crippen molar-refractivity contribution in [3.63, 3.8) is 0 Å². The van der Waals surface area contributed by atoms with Crippen LogP contribution in [-0.2, 0) is 11.3 Å². The quantitative estimate of drug-likeness (QED) is 0.849. The second-order valence-corrected chi connectivity index (χ2v) is 3.80. The summed E-state index contributed by atoms with van der Waals surface area (Å²) in [6.45, 7) is -1.19. The number of benzene rings is 1. The SMILES string of the molecule is N#Cc1ccc(CNCC(=O)NCC(F)(F)F)cc1. The molecule has 0 aliphatic heterocycles. The molecule has 0 heterocycles. The molecule has 0 unspecified atom stereocenters. The van der Waals surface area contributed by atoms with Gasteiger partial charge in [0.1, 0.15) is 6.54 Å². The van der Waals surface area contributed by atoms with Crippen LogP contribution in [-0.4, -0.2) is 25.2 Å². The molecule has 0 aromatic heterocycles. The molecule has 7 heteroatoms. The maximum Gasteiger partial charge on any atom is 0.405 e. The van der Waals surface area contributed by atoms with Crippen molar-refractivity contribution in [2.24, 2.45) is 0 Å². The van der Waals surface area contributed by atoms with Crippen molar-refractivity contribution >= 4 is 5.91 Å². The molecule has 0 aliphatic rings. The Kier molecular flexibility index (Phi) is 5.33. The fourth-order valence-corrected chi connectivity index (χ4v) is 1.28. The first kappa shape index (κ1) is 15.0. The van der Waals surface area contributed by atoms with Crippen LogP contribution in [0.3, 0.4) is 0 Å². The van der Waals surface area contributed by atoms with Crippen LogP contribution in [0, 0.1) is 11.3 Å². The van der Waals surface area contributed by atoms with Gasteiger partial charge in [0.25, 0.3) is 0 Å². The van der Waals surface area contributed by atoms with Gasteiger partial charge in [-0.25, -0.2) is 0 Å². The van der Waals surface area contributed by atoms with Crippen LogP contribution in [0.5, 0.6) is 0 Å². The first-order valence-corrected chi connectivity index (χ1v) is 5.44. The van der Waals surface area contributed by atoms with Crippen molar-refractivity contribution in [1.82, 2.24) is 10.6 Å². The monoisotopic (exact) mass is 271 g/mol. The lowest BCUT2D eigenvalue weighted by atomic mass is 10.1. The summed E-state index contributed by atoms with van der Waals surface area (Å²) in [5, 5.41) is 13.1. The highest BCUT2D eigenvalue weighted by Gasteiger charge is 2.27. The minimum absolute atomic E-state index is 0.198. The van der Waals surface area contributed by atoms with Crippen molar-refractivity contribution in [2.45, 2.75) is 12.7 Å². The van der Waals surface area contributed by atoms with E-state index in [2.05, 4.69) is 5.32 Å². The number of nitrogens with one attached hydrogen (secondary N) is 2. The van der Waals surface area contributed by atoms with Gasteiger partial charge in [0.2, 0.25) is 5.91 Å². The van der Waals surface area contributed by atoms with Gasteiger partial charge >= 0.3 is 6.18 Å². The Bertz CT molecular complexity index is 463. The molecule has 2 N–H and O–H groups in total. The summed E-state index contributed by atoms with van der Waals surface area (Å²) < 4.78 is 35.4. The highest BCUT2D eigenvalue weighted by molar-refractivity contribution is 5.78. The van der Waals surface area contributed by atoms with E-state index in [1.54, 1.807) is 29.6 Å². The van der Waals surface area contributed by atoms with Crippen LogP contribution in [0.1, 0.15) is 11.1 Å². The Morgan fingerprint density at radius 2 is 1.89 bits per heavy atom. The molecule has 0 aliphatic carbocycles. The smallest absolute Gasteiger partial charge is 0.346 e. The lowest BCUT2D eigenvalue weighted by Gasteiger charge is -2.09. The Hall–Kier alpha value is -2.07. The van der Waals surface area contributed by atoms with Gasteiger partial charge in [-0.2, -0.15) is 18.4 Å². The van der Waals surface area contributed by atoms with Crippen LogP contribution in [0.25, 0.3) is 0 Å². The van der Waals surface area contributed by atoms with Crippen LogP contribution < -0.4 is 10.6 Å². The largest absolute Gasteiger partial charge is 0.405 e. The normalized spacial score (nSPS) is 10.8. The molecule has 4 nitrogen and oxygen atoms in total. The predicted octanol–water partition coefficient (Wildman–Crippen LogP) is 1.33. The lowest BCUT2D eigenvalue weighted by Crippen LogP contribution is -2.39. The number of amides is 1. The molecule has 19 heavy (non-hydrogen) atoms. The Morgan fingerprint density at radius 1 is 1.26 bits per heavy atom. The number of rotatable bonds is 5. The van der Waals surface area contributed by atoms with E-state index in [0.29, 0.717) is 12.1 Å². The van der Waals surface area contributed by atoms with Gasteiger partial charge in [-0.15, -0.1) is 0 Å². The second-order valence-electron chi connectivity index (χ2n) is 3.80. The fourth-order valence-electron chi connectivity index (χ4n) is 1.28. The maximum absolute atomic E-state index is 11.8. The van der Waals surface area contributed by atoms with Crippen molar-refractivity contribution in [1.29, 1.82) is 5.26 Å². The molecule has 1 aromatic rings. The average Bonchev–Trinajstić information content (AvgIpc) is 2.36. The van der Waals surface area contributed by atoms with Crippen molar-refractivity contribution in [3.05, 3.63) is 35.4 Å². The van der Waals surface area contributed by atoms with E-state index in [0.717, 1.165) is 5.56 Å². The number of carbonyl (C=O) groups is 1. The zero-order chi connectivity index (χ0) is 14.3. The molecule has 1 amide bonds. The number of alkyl halides is 3. The van der Waals surface area contributed by atoms with Crippen molar-refractivity contribution < 1.29 is 18.0 Å². The van der Waals surface area contributed by atoms with Crippen LogP contribution in [0.4, 0.5) is 13.2 Å². The molecule has 0 radical (unpaired) electrons.